The Morgan fingerprint density at radius 2 is 1.08 bits per heavy atom. The first-order valence-electron chi connectivity index (χ1n) is 12.2. The summed E-state index contributed by atoms with van der Waals surface area (Å²) in [5.74, 6) is 0. The average Bonchev–Trinajstić information content (AvgIpc) is 2.94. The van der Waals surface area contributed by atoms with Gasteiger partial charge in [0.1, 0.15) is 24.4 Å². The van der Waals surface area contributed by atoms with Crippen molar-refractivity contribution in [2.24, 2.45) is 0 Å². The minimum Gasteiger partial charge on any atom is -0.394 e. The fourth-order valence-electron chi connectivity index (χ4n) is 4.19. The fourth-order valence-corrected chi connectivity index (χ4v) is 4.19. The van der Waals surface area contributed by atoms with E-state index >= 15 is 0 Å². The second-order valence-electron chi connectivity index (χ2n) is 8.63. The number of rotatable bonds is 13. The normalized spacial score (nSPS) is 23.9. The highest BCUT2D eigenvalue weighted by Gasteiger charge is 2.48. The lowest BCUT2D eigenvalue weighted by atomic mass is 9.98. The molecule has 0 unspecified atom stereocenters. The maximum Gasteiger partial charge on any atom is 0.187 e. The Labute approximate surface area is 213 Å². The first-order valence-corrected chi connectivity index (χ1v) is 12.2. The first-order chi connectivity index (χ1) is 17.8. The Morgan fingerprint density at radius 1 is 0.639 bits per heavy atom. The molecule has 1 saturated heterocycles. The average molecular weight is 491 g/mol. The molecule has 1 heterocycles. The monoisotopic (exact) mass is 490 g/mol. The summed E-state index contributed by atoms with van der Waals surface area (Å²) in [6.07, 6.45) is -1.50. The van der Waals surface area contributed by atoms with Gasteiger partial charge < -0.3 is 28.8 Å². The zero-order valence-electron chi connectivity index (χ0n) is 20.4. The summed E-state index contributed by atoms with van der Waals surface area (Å²) in [7, 11) is 0. The van der Waals surface area contributed by atoms with E-state index in [1.165, 1.54) is 0 Å². The Bertz CT molecular complexity index is 1010. The van der Waals surface area contributed by atoms with Gasteiger partial charge in [0, 0.05) is 0 Å². The second-order valence-corrected chi connectivity index (χ2v) is 8.63. The third kappa shape index (κ3) is 7.34. The molecule has 36 heavy (non-hydrogen) atoms. The SMILES string of the molecule is C=CCO[C@H]1O[C@H](CO)[C@@H](OCc2ccccc2)[C@H](OCc2ccccc2)[C@H]1OCc1ccccc1. The molecule has 1 N–H and O–H groups in total. The van der Waals surface area contributed by atoms with Crippen LogP contribution < -0.4 is 0 Å². The summed E-state index contributed by atoms with van der Waals surface area (Å²) in [5.41, 5.74) is 3.06. The topological polar surface area (TPSA) is 66.4 Å². The molecular weight excluding hydrogens is 456 g/mol. The Hall–Kier alpha value is -2.84. The van der Waals surface area contributed by atoms with Gasteiger partial charge in [-0.05, 0) is 16.7 Å². The largest absolute Gasteiger partial charge is 0.394 e. The molecule has 0 aromatic heterocycles. The van der Waals surface area contributed by atoms with E-state index in [-0.39, 0.29) is 13.2 Å². The van der Waals surface area contributed by atoms with Crippen LogP contribution in [0.3, 0.4) is 0 Å². The van der Waals surface area contributed by atoms with Gasteiger partial charge in [-0.15, -0.1) is 6.58 Å². The Kier molecular flexibility index (Phi) is 10.2. The molecule has 3 aromatic carbocycles. The molecule has 0 radical (unpaired) electrons. The van der Waals surface area contributed by atoms with Crippen molar-refractivity contribution in [2.45, 2.75) is 50.5 Å². The molecule has 5 atom stereocenters. The summed E-state index contributed by atoms with van der Waals surface area (Å²) in [5, 5.41) is 10.2. The molecule has 6 nitrogen and oxygen atoms in total. The maximum absolute atomic E-state index is 10.2. The number of ether oxygens (including phenoxy) is 5. The molecule has 6 heteroatoms. The van der Waals surface area contributed by atoms with Crippen LogP contribution >= 0.6 is 0 Å². The number of hydrogen-bond acceptors (Lipinski definition) is 6. The molecule has 190 valence electrons. The van der Waals surface area contributed by atoms with Gasteiger partial charge in [-0.1, -0.05) is 97.1 Å². The predicted molar refractivity (Wildman–Crippen MR) is 137 cm³/mol. The summed E-state index contributed by atoms with van der Waals surface area (Å²) in [6, 6.07) is 29.7. The van der Waals surface area contributed by atoms with Crippen molar-refractivity contribution < 1.29 is 28.8 Å². The Morgan fingerprint density at radius 3 is 1.53 bits per heavy atom. The molecule has 3 aromatic rings. The van der Waals surface area contributed by atoms with Crippen LogP contribution in [0, 0.1) is 0 Å². The van der Waals surface area contributed by atoms with Crippen molar-refractivity contribution >= 4 is 0 Å². The zero-order valence-corrected chi connectivity index (χ0v) is 20.4. The molecule has 4 rings (SSSR count). The minimum absolute atomic E-state index is 0.246. The number of hydrogen-bond donors (Lipinski definition) is 1. The van der Waals surface area contributed by atoms with E-state index < -0.39 is 30.7 Å². The van der Waals surface area contributed by atoms with Crippen molar-refractivity contribution in [3.8, 4) is 0 Å². The van der Waals surface area contributed by atoms with E-state index in [1.807, 2.05) is 91.0 Å². The minimum atomic E-state index is -0.763. The maximum atomic E-state index is 10.2. The predicted octanol–water partition coefficient (Wildman–Crippen LogP) is 4.66. The summed E-state index contributed by atoms with van der Waals surface area (Å²) < 4.78 is 31.3. The first kappa shape index (κ1) is 26.2. The highest BCUT2D eigenvalue weighted by atomic mass is 16.7. The lowest BCUT2D eigenvalue weighted by Crippen LogP contribution is -2.61. The van der Waals surface area contributed by atoms with Crippen molar-refractivity contribution in [2.75, 3.05) is 13.2 Å². The molecule has 0 bridgehead atoms. The van der Waals surface area contributed by atoms with Gasteiger partial charge in [0.2, 0.25) is 0 Å². The van der Waals surface area contributed by atoms with Crippen LogP contribution in [0.5, 0.6) is 0 Å². The quantitative estimate of drug-likeness (QED) is 0.352. The molecule has 0 spiro atoms. The summed E-state index contributed by atoms with van der Waals surface area (Å²) >= 11 is 0. The van der Waals surface area contributed by atoms with E-state index in [0.717, 1.165) is 16.7 Å². The van der Waals surface area contributed by atoms with E-state index in [0.29, 0.717) is 19.8 Å². The van der Waals surface area contributed by atoms with Crippen LogP contribution in [0.1, 0.15) is 16.7 Å². The smallest absolute Gasteiger partial charge is 0.187 e. The Balaban J connectivity index is 1.59. The third-order valence-electron chi connectivity index (χ3n) is 6.01. The van der Waals surface area contributed by atoms with Gasteiger partial charge in [0.15, 0.2) is 6.29 Å². The van der Waals surface area contributed by atoms with Crippen molar-refractivity contribution in [1.82, 2.24) is 0 Å². The van der Waals surface area contributed by atoms with Crippen LogP contribution in [0.4, 0.5) is 0 Å². The van der Waals surface area contributed by atoms with Crippen LogP contribution in [0.15, 0.2) is 104 Å². The molecule has 0 aliphatic carbocycles. The van der Waals surface area contributed by atoms with Crippen molar-refractivity contribution in [1.29, 1.82) is 0 Å². The molecule has 0 amide bonds. The van der Waals surface area contributed by atoms with Crippen LogP contribution in [-0.4, -0.2) is 49.0 Å². The standard InChI is InChI=1S/C30H34O6/c1-2-18-32-30-29(35-22-25-16-10-5-11-17-25)28(34-21-24-14-8-4-9-15-24)27(26(19-31)36-30)33-20-23-12-6-3-7-13-23/h2-17,26-31H,1,18-22H2/t26-,27-,28+,29-,30+/m1/s1. The van der Waals surface area contributed by atoms with Crippen LogP contribution in [0.2, 0.25) is 0 Å². The fraction of sp³-hybridized carbons (Fsp3) is 0.333. The van der Waals surface area contributed by atoms with E-state index in [9.17, 15) is 5.11 Å². The van der Waals surface area contributed by atoms with Gasteiger partial charge in [-0.3, -0.25) is 0 Å². The van der Waals surface area contributed by atoms with E-state index in [2.05, 4.69) is 6.58 Å². The van der Waals surface area contributed by atoms with Crippen LogP contribution in [-0.2, 0) is 43.5 Å². The lowest BCUT2D eigenvalue weighted by molar-refractivity contribution is -0.324. The molecule has 0 saturated carbocycles. The van der Waals surface area contributed by atoms with E-state index in [4.69, 9.17) is 23.7 Å². The summed E-state index contributed by atoms with van der Waals surface area (Å²) in [6.45, 7) is 4.83. The van der Waals surface area contributed by atoms with Gasteiger partial charge >= 0.3 is 0 Å². The van der Waals surface area contributed by atoms with Crippen LogP contribution in [0.25, 0.3) is 0 Å². The number of aliphatic hydroxyl groups is 1. The highest BCUT2D eigenvalue weighted by molar-refractivity contribution is 5.15. The van der Waals surface area contributed by atoms with Gasteiger partial charge in [0.05, 0.1) is 33.0 Å². The van der Waals surface area contributed by atoms with Crippen molar-refractivity contribution in [3.05, 3.63) is 120 Å². The molecule has 1 aliphatic rings. The highest BCUT2D eigenvalue weighted by Crippen LogP contribution is 2.31. The lowest BCUT2D eigenvalue weighted by Gasteiger charge is -2.45. The zero-order chi connectivity index (χ0) is 25.0. The number of aliphatic hydroxyl groups excluding tert-OH is 1. The van der Waals surface area contributed by atoms with Crippen molar-refractivity contribution in [3.63, 3.8) is 0 Å². The number of benzene rings is 3. The van der Waals surface area contributed by atoms with Gasteiger partial charge in [-0.25, -0.2) is 0 Å². The summed E-state index contributed by atoms with van der Waals surface area (Å²) in [4.78, 5) is 0. The molecule has 1 fully saturated rings. The third-order valence-corrected chi connectivity index (χ3v) is 6.01. The molecular formula is C30H34O6. The van der Waals surface area contributed by atoms with Gasteiger partial charge in [-0.2, -0.15) is 0 Å². The van der Waals surface area contributed by atoms with Gasteiger partial charge in [0.25, 0.3) is 0 Å². The van der Waals surface area contributed by atoms with E-state index in [1.54, 1.807) is 6.08 Å². The second kappa shape index (κ2) is 14.0. The molecule has 1 aliphatic heterocycles.